The Balaban J connectivity index is 1.99. The third-order valence-corrected chi connectivity index (χ3v) is 4.05. The van der Waals surface area contributed by atoms with Crippen LogP contribution in [0.3, 0.4) is 0 Å². The molecule has 2 aromatic rings. The van der Waals surface area contributed by atoms with E-state index >= 15 is 0 Å². The molecular weight excluding hydrogens is 254 g/mol. The fourth-order valence-electron chi connectivity index (χ4n) is 1.52. The summed E-state index contributed by atoms with van der Waals surface area (Å²) in [5.41, 5.74) is 7.61. The molecular formula is C12H16ClN3S. The fraction of sp³-hybridized carbons (Fsp3) is 0.417. The van der Waals surface area contributed by atoms with Crippen LogP contribution >= 0.6 is 23.4 Å². The first kappa shape index (κ1) is 12.7. The zero-order valence-corrected chi connectivity index (χ0v) is 11.3. The van der Waals surface area contributed by atoms with Crippen molar-refractivity contribution in [1.29, 1.82) is 0 Å². The van der Waals surface area contributed by atoms with Crippen molar-refractivity contribution in [2.75, 3.05) is 12.3 Å². The smallest absolute Gasteiger partial charge is 0.137 e. The van der Waals surface area contributed by atoms with Crippen LogP contribution in [0.15, 0.2) is 24.5 Å². The van der Waals surface area contributed by atoms with Crippen LogP contribution in [0.1, 0.15) is 12.6 Å². The Bertz CT molecular complexity index is 497. The van der Waals surface area contributed by atoms with Crippen LogP contribution in [0.2, 0.25) is 5.02 Å². The molecule has 1 unspecified atom stereocenters. The minimum Gasteiger partial charge on any atom is -0.330 e. The molecule has 0 aliphatic heterocycles. The molecule has 17 heavy (non-hydrogen) atoms. The van der Waals surface area contributed by atoms with Crippen molar-refractivity contribution in [3.05, 3.63) is 35.2 Å². The summed E-state index contributed by atoms with van der Waals surface area (Å²) >= 11 is 7.79. The van der Waals surface area contributed by atoms with Gasteiger partial charge in [0.15, 0.2) is 0 Å². The lowest BCUT2D eigenvalue weighted by molar-refractivity contribution is 0.675. The Morgan fingerprint density at radius 1 is 1.47 bits per heavy atom. The molecule has 0 aliphatic rings. The van der Waals surface area contributed by atoms with Crippen LogP contribution in [0.25, 0.3) is 5.65 Å². The molecule has 1 atom stereocenters. The standard InChI is InChI=1S/C12H16ClN3S/c1-9(4-14)7-17-8-11-6-16-5-10(13)2-3-12(16)15-11/h2-3,5-6,9H,4,7-8,14H2,1H3. The Kier molecular flexibility index (Phi) is 4.31. The van der Waals surface area contributed by atoms with E-state index in [9.17, 15) is 0 Å². The summed E-state index contributed by atoms with van der Waals surface area (Å²) in [4.78, 5) is 4.53. The van der Waals surface area contributed by atoms with Crippen molar-refractivity contribution in [2.24, 2.45) is 11.7 Å². The fourth-order valence-corrected chi connectivity index (χ4v) is 2.69. The van der Waals surface area contributed by atoms with Gasteiger partial charge in [-0.25, -0.2) is 4.98 Å². The molecule has 2 N–H and O–H groups in total. The quantitative estimate of drug-likeness (QED) is 0.908. The molecule has 2 rings (SSSR count). The summed E-state index contributed by atoms with van der Waals surface area (Å²) in [5, 5.41) is 0.728. The maximum absolute atomic E-state index is 5.92. The van der Waals surface area contributed by atoms with Gasteiger partial charge in [-0.1, -0.05) is 18.5 Å². The van der Waals surface area contributed by atoms with E-state index in [1.807, 2.05) is 40.7 Å². The first-order valence-electron chi connectivity index (χ1n) is 5.60. The summed E-state index contributed by atoms with van der Waals surface area (Å²) in [6.07, 6.45) is 3.90. The van der Waals surface area contributed by atoms with Gasteiger partial charge in [-0.05, 0) is 30.3 Å². The number of nitrogens with two attached hydrogens (primary N) is 1. The van der Waals surface area contributed by atoms with E-state index in [0.717, 1.165) is 34.4 Å². The van der Waals surface area contributed by atoms with Gasteiger partial charge >= 0.3 is 0 Å². The highest BCUT2D eigenvalue weighted by atomic mass is 35.5. The van der Waals surface area contributed by atoms with E-state index in [-0.39, 0.29) is 0 Å². The molecule has 5 heteroatoms. The molecule has 0 aromatic carbocycles. The van der Waals surface area contributed by atoms with Gasteiger partial charge in [0.1, 0.15) is 5.65 Å². The van der Waals surface area contributed by atoms with E-state index < -0.39 is 0 Å². The van der Waals surface area contributed by atoms with Crippen molar-refractivity contribution in [2.45, 2.75) is 12.7 Å². The second kappa shape index (κ2) is 5.76. The molecule has 0 saturated carbocycles. The highest BCUT2D eigenvalue weighted by molar-refractivity contribution is 7.98. The van der Waals surface area contributed by atoms with Crippen LogP contribution in [0.4, 0.5) is 0 Å². The molecule has 2 aromatic heterocycles. The number of pyridine rings is 1. The van der Waals surface area contributed by atoms with Gasteiger partial charge in [0.25, 0.3) is 0 Å². The topological polar surface area (TPSA) is 43.3 Å². The predicted octanol–water partition coefficient (Wildman–Crippen LogP) is 2.82. The largest absolute Gasteiger partial charge is 0.330 e. The number of hydrogen-bond donors (Lipinski definition) is 1. The zero-order chi connectivity index (χ0) is 12.3. The Morgan fingerprint density at radius 3 is 3.06 bits per heavy atom. The minimum absolute atomic E-state index is 0.562. The molecule has 0 amide bonds. The molecule has 0 aliphatic carbocycles. The van der Waals surface area contributed by atoms with Crippen LogP contribution < -0.4 is 5.73 Å². The number of halogens is 1. The normalized spacial score (nSPS) is 13.1. The Morgan fingerprint density at radius 2 is 2.29 bits per heavy atom. The van der Waals surface area contributed by atoms with E-state index in [4.69, 9.17) is 17.3 Å². The third kappa shape index (κ3) is 3.37. The SMILES string of the molecule is CC(CN)CSCc1cn2cc(Cl)ccc2n1. The van der Waals surface area contributed by atoms with Crippen molar-refractivity contribution < 1.29 is 0 Å². The third-order valence-electron chi connectivity index (χ3n) is 2.52. The number of fused-ring (bicyclic) bond motifs is 1. The maximum atomic E-state index is 5.92. The van der Waals surface area contributed by atoms with Crippen LogP contribution in [0, 0.1) is 5.92 Å². The highest BCUT2D eigenvalue weighted by Gasteiger charge is 2.04. The molecule has 0 radical (unpaired) electrons. The number of thioether (sulfide) groups is 1. The van der Waals surface area contributed by atoms with Gasteiger partial charge in [0, 0.05) is 18.1 Å². The summed E-state index contributed by atoms with van der Waals surface area (Å²) in [6, 6.07) is 3.79. The number of imidazole rings is 1. The summed E-state index contributed by atoms with van der Waals surface area (Å²) in [6.45, 7) is 2.91. The summed E-state index contributed by atoms with van der Waals surface area (Å²) < 4.78 is 1.96. The lowest BCUT2D eigenvalue weighted by Crippen LogP contribution is -2.12. The van der Waals surface area contributed by atoms with Gasteiger partial charge < -0.3 is 10.1 Å². The Labute approximate surface area is 110 Å². The second-order valence-electron chi connectivity index (χ2n) is 4.20. The number of aromatic nitrogens is 2. The lowest BCUT2D eigenvalue weighted by atomic mass is 10.2. The molecule has 0 fully saturated rings. The number of hydrogen-bond acceptors (Lipinski definition) is 3. The second-order valence-corrected chi connectivity index (χ2v) is 5.67. The highest BCUT2D eigenvalue weighted by Crippen LogP contribution is 2.17. The molecule has 2 heterocycles. The van der Waals surface area contributed by atoms with E-state index in [2.05, 4.69) is 11.9 Å². The van der Waals surface area contributed by atoms with Crippen LogP contribution in [0.5, 0.6) is 0 Å². The first-order chi connectivity index (χ1) is 8.19. The first-order valence-corrected chi connectivity index (χ1v) is 7.13. The average molecular weight is 270 g/mol. The van der Waals surface area contributed by atoms with Crippen LogP contribution in [-0.2, 0) is 5.75 Å². The average Bonchev–Trinajstić information content (AvgIpc) is 2.70. The van der Waals surface area contributed by atoms with E-state index in [1.54, 1.807) is 0 Å². The van der Waals surface area contributed by atoms with Crippen molar-refractivity contribution in [3.8, 4) is 0 Å². The van der Waals surface area contributed by atoms with Crippen molar-refractivity contribution in [3.63, 3.8) is 0 Å². The van der Waals surface area contributed by atoms with Crippen molar-refractivity contribution >= 4 is 29.0 Å². The minimum atomic E-state index is 0.562. The number of rotatable bonds is 5. The lowest BCUT2D eigenvalue weighted by Gasteiger charge is -2.05. The molecule has 92 valence electrons. The van der Waals surface area contributed by atoms with E-state index in [0.29, 0.717) is 5.92 Å². The summed E-state index contributed by atoms with van der Waals surface area (Å²) in [7, 11) is 0. The number of nitrogens with zero attached hydrogens (tertiary/aromatic N) is 2. The maximum Gasteiger partial charge on any atom is 0.137 e. The summed E-state index contributed by atoms with van der Waals surface area (Å²) in [5.74, 6) is 2.56. The van der Waals surface area contributed by atoms with Gasteiger partial charge in [-0.2, -0.15) is 11.8 Å². The van der Waals surface area contributed by atoms with Gasteiger partial charge in [-0.15, -0.1) is 0 Å². The van der Waals surface area contributed by atoms with E-state index in [1.165, 1.54) is 0 Å². The van der Waals surface area contributed by atoms with Gasteiger partial charge in [0.2, 0.25) is 0 Å². The van der Waals surface area contributed by atoms with Crippen molar-refractivity contribution in [1.82, 2.24) is 9.38 Å². The molecule has 0 spiro atoms. The Hall–Kier alpha value is -0.710. The van der Waals surface area contributed by atoms with Crippen LogP contribution in [-0.4, -0.2) is 21.7 Å². The predicted molar refractivity (Wildman–Crippen MR) is 74.6 cm³/mol. The molecule has 3 nitrogen and oxygen atoms in total. The van der Waals surface area contributed by atoms with Gasteiger partial charge in [0.05, 0.1) is 10.7 Å². The monoisotopic (exact) mass is 269 g/mol. The molecule has 0 bridgehead atoms. The molecule has 0 saturated heterocycles. The zero-order valence-electron chi connectivity index (χ0n) is 9.77. The van der Waals surface area contributed by atoms with Gasteiger partial charge in [-0.3, -0.25) is 0 Å².